The summed E-state index contributed by atoms with van der Waals surface area (Å²) in [4.78, 5) is 28.6. The predicted octanol–water partition coefficient (Wildman–Crippen LogP) is 4.02. The van der Waals surface area contributed by atoms with E-state index in [1.165, 1.54) is 0 Å². The largest absolute Gasteiger partial charge is 0.461 e. The quantitative estimate of drug-likeness (QED) is 0.526. The van der Waals surface area contributed by atoms with Gasteiger partial charge in [0, 0.05) is 36.4 Å². The number of hydrogen-bond donors (Lipinski definition) is 2. The fourth-order valence-electron chi connectivity index (χ4n) is 3.24. The highest BCUT2D eigenvalue weighted by Crippen LogP contribution is 2.22. The van der Waals surface area contributed by atoms with Crippen molar-refractivity contribution >= 4 is 28.3 Å². The van der Waals surface area contributed by atoms with Gasteiger partial charge in [0.2, 0.25) is 5.91 Å². The van der Waals surface area contributed by atoms with Crippen LogP contribution in [0.4, 0.5) is 5.69 Å². The zero-order chi connectivity index (χ0) is 21.3. The summed E-state index contributed by atoms with van der Waals surface area (Å²) in [6.45, 7) is 2.69. The first kappa shape index (κ1) is 21.5. The number of hydrogen-bond acceptors (Lipinski definition) is 5. The molecule has 2 N–H and O–H groups in total. The van der Waals surface area contributed by atoms with E-state index in [1.54, 1.807) is 12.4 Å². The molecule has 6 heteroatoms. The molecule has 0 bridgehead atoms. The second-order valence-corrected chi connectivity index (χ2v) is 7.19. The second kappa shape index (κ2) is 10.5. The first-order chi connectivity index (χ1) is 14.6. The lowest BCUT2D eigenvalue weighted by atomic mass is 9.96. The highest BCUT2D eigenvalue weighted by Gasteiger charge is 2.20. The molecule has 156 valence electrons. The zero-order valence-electron chi connectivity index (χ0n) is 17.4. The molecule has 3 rings (SSSR count). The number of benzene rings is 2. The lowest BCUT2D eigenvalue weighted by Crippen LogP contribution is -2.29. The molecule has 0 saturated heterocycles. The van der Waals surface area contributed by atoms with Gasteiger partial charge in [0.25, 0.3) is 0 Å². The molecule has 3 aromatic rings. The van der Waals surface area contributed by atoms with Gasteiger partial charge in [0.15, 0.2) is 0 Å². The number of fused-ring (bicyclic) bond motifs is 1. The van der Waals surface area contributed by atoms with Gasteiger partial charge in [-0.15, -0.1) is 0 Å². The van der Waals surface area contributed by atoms with Crippen LogP contribution in [-0.2, 0) is 20.9 Å². The Morgan fingerprint density at radius 3 is 2.60 bits per heavy atom. The van der Waals surface area contributed by atoms with E-state index in [1.807, 2.05) is 62.5 Å². The van der Waals surface area contributed by atoms with Crippen LogP contribution in [0, 0.1) is 0 Å². The lowest BCUT2D eigenvalue weighted by Gasteiger charge is -2.18. The van der Waals surface area contributed by atoms with Crippen LogP contribution in [0.1, 0.15) is 36.8 Å². The normalized spacial score (nSPS) is 11.8. The molecule has 0 aliphatic heterocycles. The maximum absolute atomic E-state index is 13.0. The standard InChI is InChI=1S/C24H27N3O3/c1-3-4-23(28)30-16-17-5-7-18(8-6-17)22(15-25-2)24(29)27-21-10-9-20-14-26-12-11-19(20)13-21/h5-14,22,25H,3-4,15-16H2,1-2H3,(H,27,29). The number of pyridine rings is 1. The Labute approximate surface area is 176 Å². The van der Waals surface area contributed by atoms with Gasteiger partial charge >= 0.3 is 5.97 Å². The van der Waals surface area contributed by atoms with Gasteiger partial charge in [-0.1, -0.05) is 37.3 Å². The molecule has 1 atom stereocenters. The number of likely N-dealkylation sites (N-methyl/N-ethyl adjacent to an activating group) is 1. The van der Waals surface area contributed by atoms with Crippen LogP contribution >= 0.6 is 0 Å². The van der Waals surface area contributed by atoms with Crippen molar-refractivity contribution in [3.05, 3.63) is 72.1 Å². The van der Waals surface area contributed by atoms with Crippen LogP contribution in [0.15, 0.2) is 60.9 Å². The minimum atomic E-state index is -0.347. The molecule has 0 radical (unpaired) electrons. The Hall–Kier alpha value is -3.25. The van der Waals surface area contributed by atoms with Gasteiger partial charge in [0.05, 0.1) is 5.92 Å². The molecule has 0 aliphatic carbocycles. The van der Waals surface area contributed by atoms with Crippen LogP contribution in [0.5, 0.6) is 0 Å². The molecule has 0 saturated carbocycles. The monoisotopic (exact) mass is 405 g/mol. The average Bonchev–Trinajstić information content (AvgIpc) is 2.76. The van der Waals surface area contributed by atoms with Crippen molar-refractivity contribution in [1.82, 2.24) is 10.3 Å². The van der Waals surface area contributed by atoms with E-state index in [9.17, 15) is 9.59 Å². The predicted molar refractivity (Wildman–Crippen MR) is 118 cm³/mol. The Balaban J connectivity index is 1.69. The summed E-state index contributed by atoms with van der Waals surface area (Å²) in [6, 6.07) is 15.3. The van der Waals surface area contributed by atoms with Gasteiger partial charge in [-0.3, -0.25) is 14.6 Å². The van der Waals surface area contributed by atoms with Crippen molar-refractivity contribution in [2.45, 2.75) is 32.3 Å². The molecule has 1 heterocycles. The lowest BCUT2D eigenvalue weighted by molar-refractivity contribution is -0.145. The number of nitrogens with zero attached hydrogens (tertiary/aromatic N) is 1. The number of carbonyl (C=O) groups is 2. The Kier molecular flexibility index (Phi) is 7.51. The molecule has 2 aromatic carbocycles. The fraction of sp³-hybridized carbons (Fsp3) is 0.292. The van der Waals surface area contributed by atoms with Gasteiger partial charge < -0.3 is 15.4 Å². The number of nitrogens with one attached hydrogen (secondary N) is 2. The van der Waals surface area contributed by atoms with Gasteiger partial charge in [-0.05, 0) is 48.2 Å². The van der Waals surface area contributed by atoms with E-state index in [0.29, 0.717) is 13.0 Å². The van der Waals surface area contributed by atoms with Crippen LogP contribution in [0.25, 0.3) is 10.8 Å². The number of anilines is 1. The number of ether oxygens (including phenoxy) is 1. The first-order valence-electron chi connectivity index (χ1n) is 10.1. The van der Waals surface area contributed by atoms with Gasteiger partial charge in [-0.2, -0.15) is 0 Å². The van der Waals surface area contributed by atoms with E-state index in [2.05, 4.69) is 15.6 Å². The minimum Gasteiger partial charge on any atom is -0.461 e. The maximum atomic E-state index is 13.0. The summed E-state index contributed by atoms with van der Waals surface area (Å²) in [6.07, 6.45) is 4.73. The van der Waals surface area contributed by atoms with Crippen molar-refractivity contribution in [2.24, 2.45) is 0 Å². The van der Waals surface area contributed by atoms with E-state index in [-0.39, 0.29) is 24.4 Å². The summed E-state index contributed by atoms with van der Waals surface area (Å²) in [7, 11) is 1.82. The summed E-state index contributed by atoms with van der Waals surface area (Å²) in [5.41, 5.74) is 2.55. The van der Waals surface area contributed by atoms with Crippen LogP contribution < -0.4 is 10.6 Å². The third-order valence-electron chi connectivity index (χ3n) is 4.87. The summed E-state index contributed by atoms with van der Waals surface area (Å²) >= 11 is 0. The number of aromatic nitrogens is 1. The highest BCUT2D eigenvalue weighted by molar-refractivity contribution is 5.98. The van der Waals surface area contributed by atoms with Crippen molar-refractivity contribution in [3.63, 3.8) is 0 Å². The van der Waals surface area contributed by atoms with E-state index < -0.39 is 0 Å². The highest BCUT2D eigenvalue weighted by atomic mass is 16.5. The molecule has 0 fully saturated rings. The third-order valence-corrected chi connectivity index (χ3v) is 4.87. The third kappa shape index (κ3) is 5.64. The maximum Gasteiger partial charge on any atom is 0.306 e. The zero-order valence-corrected chi connectivity index (χ0v) is 17.4. The fourth-order valence-corrected chi connectivity index (χ4v) is 3.24. The van der Waals surface area contributed by atoms with E-state index in [4.69, 9.17) is 4.74 Å². The Bertz CT molecular complexity index is 1000. The van der Waals surface area contributed by atoms with Crippen LogP contribution in [0.3, 0.4) is 0 Å². The van der Waals surface area contributed by atoms with Crippen LogP contribution in [0.2, 0.25) is 0 Å². The van der Waals surface area contributed by atoms with Gasteiger partial charge in [0.1, 0.15) is 6.61 Å². The number of amides is 1. The van der Waals surface area contributed by atoms with E-state index >= 15 is 0 Å². The van der Waals surface area contributed by atoms with Crippen molar-refractivity contribution in [2.75, 3.05) is 18.9 Å². The molecule has 30 heavy (non-hydrogen) atoms. The molecular weight excluding hydrogens is 378 g/mol. The average molecular weight is 405 g/mol. The summed E-state index contributed by atoms with van der Waals surface area (Å²) in [5, 5.41) is 8.16. The molecule has 1 amide bonds. The second-order valence-electron chi connectivity index (χ2n) is 7.19. The van der Waals surface area contributed by atoms with Gasteiger partial charge in [-0.25, -0.2) is 0 Å². The Morgan fingerprint density at radius 1 is 1.07 bits per heavy atom. The van der Waals surface area contributed by atoms with Crippen molar-refractivity contribution in [3.8, 4) is 0 Å². The molecule has 6 nitrogen and oxygen atoms in total. The SMILES string of the molecule is CCCC(=O)OCc1ccc(C(CNC)C(=O)Nc2ccc3cnccc3c2)cc1. The smallest absolute Gasteiger partial charge is 0.306 e. The molecular formula is C24H27N3O3. The van der Waals surface area contributed by atoms with Crippen molar-refractivity contribution < 1.29 is 14.3 Å². The number of carbonyl (C=O) groups excluding carboxylic acids is 2. The Morgan fingerprint density at radius 2 is 1.87 bits per heavy atom. The number of rotatable bonds is 9. The minimum absolute atomic E-state index is 0.0834. The van der Waals surface area contributed by atoms with Crippen LogP contribution in [-0.4, -0.2) is 30.5 Å². The molecule has 1 unspecified atom stereocenters. The van der Waals surface area contributed by atoms with E-state index in [0.717, 1.165) is 34.0 Å². The molecule has 0 spiro atoms. The first-order valence-corrected chi connectivity index (χ1v) is 10.1. The van der Waals surface area contributed by atoms with Crippen molar-refractivity contribution in [1.29, 1.82) is 0 Å². The summed E-state index contributed by atoms with van der Waals surface area (Å²) < 4.78 is 5.24. The topological polar surface area (TPSA) is 80.3 Å². The number of esters is 1. The molecule has 1 aromatic heterocycles. The summed E-state index contributed by atoms with van der Waals surface area (Å²) in [5.74, 6) is -0.625. The molecule has 0 aliphatic rings.